The number of para-hydroxylation sites is 1. The fourth-order valence-corrected chi connectivity index (χ4v) is 4.91. The molecular formula is C19H27N3O2S. The van der Waals surface area contributed by atoms with Crippen LogP contribution in [0.2, 0.25) is 0 Å². The van der Waals surface area contributed by atoms with Crippen molar-refractivity contribution in [2.75, 3.05) is 31.5 Å². The van der Waals surface area contributed by atoms with Crippen LogP contribution < -0.4 is 10.6 Å². The molecule has 3 atom stereocenters. The molecule has 2 aliphatic rings. The third-order valence-corrected chi connectivity index (χ3v) is 6.05. The molecule has 1 aromatic carbocycles. The largest absolute Gasteiger partial charge is 0.355 e. The molecule has 3 rings (SSSR count). The van der Waals surface area contributed by atoms with Crippen LogP contribution in [0.1, 0.15) is 26.7 Å². The fraction of sp³-hybridized carbons (Fsp3) is 0.579. The Morgan fingerprint density at radius 1 is 1.28 bits per heavy atom. The number of amides is 2. The van der Waals surface area contributed by atoms with Crippen molar-refractivity contribution in [3.05, 3.63) is 24.3 Å². The third-order valence-electron chi connectivity index (χ3n) is 4.77. The number of anilines is 1. The molecule has 2 amide bonds. The number of hydrogen-bond donors (Lipinski definition) is 2. The van der Waals surface area contributed by atoms with Crippen molar-refractivity contribution in [3.63, 3.8) is 0 Å². The van der Waals surface area contributed by atoms with Crippen molar-refractivity contribution in [1.29, 1.82) is 0 Å². The number of thioether (sulfide) groups is 1. The molecule has 2 N–H and O–H groups in total. The maximum absolute atomic E-state index is 12.2. The summed E-state index contributed by atoms with van der Waals surface area (Å²) in [6.45, 7) is 8.33. The minimum atomic E-state index is -0.357. The molecule has 1 saturated heterocycles. The van der Waals surface area contributed by atoms with Crippen molar-refractivity contribution >= 4 is 29.3 Å². The Morgan fingerprint density at radius 3 is 2.76 bits per heavy atom. The van der Waals surface area contributed by atoms with Gasteiger partial charge in [-0.1, -0.05) is 26.0 Å². The highest BCUT2D eigenvalue weighted by Crippen LogP contribution is 2.36. The molecule has 0 bridgehead atoms. The molecule has 0 saturated carbocycles. The smallest absolute Gasteiger partial charge is 0.238 e. The summed E-state index contributed by atoms with van der Waals surface area (Å²) in [6.07, 6.45) is 1.51. The Bertz CT molecular complexity index is 627. The average Bonchev–Trinajstić information content (AvgIpc) is 2.54. The van der Waals surface area contributed by atoms with E-state index in [1.807, 2.05) is 24.3 Å². The van der Waals surface area contributed by atoms with E-state index >= 15 is 0 Å². The highest BCUT2D eigenvalue weighted by atomic mass is 32.2. The van der Waals surface area contributed by atoms with Crippen molar-refractivity contribution in [3.8, 4) is 0 Å². The normalized spacial score (nSPS) is 26.6. The van der Waals surface area contributed by atoms with Gasteiger partial charge in [0.2, 0.25) is 11.8 Å². The lowest BCUT2D eigenvalue weighted by Crippen LogP contribution is -2.43. The predicted octanol–water partition coefficient (Wildman–Crippen LogP) is 2.58. The number of nitrogens with one attached hydrogen (secondary N) is 2. The van der Waals surface area contributed by atoms with E-state index in [0.29, 0.717) is 6.54 Å². The van der Waals surface area contributed by atoms with Crippen LogP contribution in [0.4, 0.5) is 5.69 Å². The predicted molar refractivity (Wildman–Crippen MR) is 102 cm³/mol. The number of hydrogen-bond acceptors (Lipinski definition) is 4. The first kappa shape index (κ1) is 18.3. The van der Waals surface area contributed by atoms with Gasteiger partial charge in [0.25, 0.3) is 0 Å². The number of rotatable bonds is 5. The Balaban J connectivity index is 1.43. The van der Waals surface area contributed by atoms with Crippen LogP contribution in [0.3, 0.4) is 0 Å². The summed E-state index contributed by atoms with van der Waals surface area (Å²) in [6, 6.07) is 7.70. The van der Waals surface area contributed by atoms with Gasteiger partial charge in [-0.05, 0) is 30.4 Å². The summed E-state index contributed by atoms with van der Waals surface area (Å²) in [7, 11) is 0. The van der Waals surface area contributed by atoms with Gasteiger partial charge in [0, 0.05) is 37.5 Å². The van der Waals surface area contributed by atoms with Crippen molar-refractivity contribution in [2.24, 2.45) is 11.8 Å². The van der Waals surface area contributed by atoms with Gasteiger partial charge < -0.3 is 15.5 Å². The Kier molecular flexibility index (Phi) is 6.02. The zero-order valence-corrected chi connectivity index (χ0v) is 15.8. The Hall–Kier alpha value is -1.53. The lowest BCUT2D eigenvalue weighted by atomic mass is 9.92. The molecule has 25 heavy (non-hydrogen) atoms. The van der Waals surface area contributed by atoms with E-state index in [4.69, 9.17) is 0 Å². The molecule has 0 aliphatic carbocycles. The molecule has 6 heteroatoms. The number of fused-ring (bicyclic) bond motifs is 1. The first-order valence-electron chi connectivity index (χ1n) is 9.07. The first-order chi connectivity index (χ1) is 12.0. The van der Waals surface area contributed by atoms with Crippen LogP contribution in [-0.2, 0) is 9.59 Å². The molecule has 2 aliphatic heterocycles. The minimum absolute atomic E-state index is 0.0508. The van der Waals surface area contributed by atoms with E-state index in [2.05, 4.69) is 29.4 Å². The topological polar surface area (TPSA) is 61.4 Å². The fourth-order valence-electron chi connectivity index (χ4n) is 3.80. The van der Waals surface area contributed by atoms with E-state index < -0.39 is 0 Å². The molecule has 2 heterocycles. The van der Waals surface area contributed by atoms with Crippen LogP contribution in [0, 0.1) is 11.8 Å². The molecule has 1 fully saturated rings. The van der Waals surface area contributed by atoms with Crippen LogP contribution >= 0.6 is 11.8 Å². The second-order valence-electron chi connectivity index (χ2n) is 7.35. The molecule has 0 aromatic heterocycles. The molecule has 136 valence electrons. The summed E-state index contributed by atoms with van der Waals surface area (Å²) in [5, 5.41) is 5.51. The first-order valence-corrected chi connectivity index (χ1v) is 9.95. The van der Waals surface area contributed by atoms with Gasteiger partial charge in [-0.25, -0.2) is 0 Å². The van der Waals surface area contributed by atoms with Crippen molar-refractivity contribution in [2.45, 2.75) is 36.8 Å². The number of piperidine rings is 1. The maximum Gasteiger partial charge on any atom is 0.238 e. The molecule has 5 nitrogen and oxygen atoms in total. The second-order valence-corrected chi connectivity index (χ2v) is 8.60. The van der Waals surface area contributed by atoms with E-state index in [-0.39, 0.29) is 23.5 Å². The summed E-state index contributed by atoms with van der Waals surface area (Å²) >= 11 is 1.47. The van der Waals surface area contributed by atoms with E-state index in [9.17, 15) is 9.59 Å². The number of benzene rings is 1. The quantitative estimate of drug-likeness (QED) is 0.846. The second kappa shape index (κ2) is 8.23. The third kappa shape index (κ3) is 4.98. The van der Waals surface area contributed by atoms with Gasteiger partial charge in [-0.15, -0.1) is 11.8 Å². The van der Waals surface area contributed by atoms with Gasteiger partial charge in [-0.2, -0.15) is 0 Å². The Morgan fingerprint density at radius 2 is 2.00 bits per heavy atom. The summed E-state index contributed by atoms with van der Waals surface area (Å²) in [4.78, 5) is 27.8. The van der Waals surface area contributed by atoms with Gasteiger partial charge in [0.05, 0.1) is 10.9 Å². The lowest BCUT2D eigenvalue weighted by Gasteiger charge is -2.34. The van der Waals surface area contributed by atoms with Crippen molar-refractivity contribution in [1.82, 2.24) is 10.2 Å². The summed E-state index contributed by atoms with van der Waals surface area (Å²) in [5.74, 6) is 1.31. The van der Waals surface area contributed by atoms with Gasteiger partial charge in [0.15, 0.2) is 0 Å². The summed E-state index contributed by atoms with van der Waals surface area (Å²) in [5.41, 5.74) is 0.836. The number of carbonyl (C=O) groups is 2. The SMILES string of the molecule is CC1CC(C)CN(CCNC(=O)CC2Sc3ccccc3NC2=O)C1. The van der Waals surface area contributed by atoms with E-state index in [0.717, 1.165) is 42.1 Å². The summed E-state index contributed by atoms with van der Waals surface area (Å²) < 4.78 is 0. The van der Waals surface area contributed by atoms with Crippen LogP contribution in [0.5, 0.6) is 0 Å². The lowest BCUT2D eigenvalue weighted by molar-refractivity contribution is -0.124. The molecule has 0 radical (unpaired) electrons. The Labute approximate surface area is 153 Å². The maximum atomic E-state index is 12.2. The molecule has 1 aromatic rings. The average molecular weight is 362 g/mol. The highest BCUT2D eigenvalue weighted by Gasteiger charge is 2.28. The van der Waals surface area contributed by atoms with Gasteiger partial charge in [0.1, 0.15) is 0 Å². The van der Waals surface area contributed by atoms with Crippen LogP contribution in [0.25, 0.3) is 0 Å². The molecule has 3 unspecified atom stereocenters. The van der Waals surface area contributed by atoms with E-state index in [1.54, 1.807) is 0 Å². The minimum Gasteiger partial charge on any atom is -0.355 e. The van der Waals surface area contributed by atoms with Gasteiger partial charge in [-0.3, -0.25) is 9.59 Å². The molecular weight excluding hydrogens is 334 g/mol. The van der Waals surface area contributed by atoms with Crippen LogP contribution in [-0.4, -0.2) is 48.1 Å². The number of nitrogens with zero attached hydrogens (tertiary/aromatic N) is 1. The number of likely N-dealkylation sites (tertiary alicyclic amines) is 1. The van der Waals surface area contributed by atoms with Gasteiger partial charge >= 0.3 is 0 Å². The monoisotopic (exact) mass is 361 g/mol. The molecule has 0 spiro atoms. The standard InChI is InChI=1S/C19H27N3O2S/c1-13-9-14(2)12-22(11-13)8-7-20-18(23)10-17-19(24)21-15-5-3-4-6-16(15)25-17/h3-6,13-14,17H,7-12H2,1-2H3,(H,20,23)(H,21,24). The number of carbonyl (C=O) groups excluding carboxylic acids is 2. The highest BCUT2D eigenvalue weighted by molar-refractivity contribution is 8.01. The van der Waals surface area contributed by atoms with E-state index in [1.165, 1.54) is 18.2 Å². The zero-order chi connectivity index (χ0) is 17.8. The van der Waals surface area contributed by atoms with Crippen molar-refractivity contribution < 1.29 is 9.59 Å². The van der Waals surface area contributed by atoms with Crippen LogP contribution in [0.15, 0.2) is 29.2 Å². The zero-order valence-electron chi connectivity index (χ0n) is 15.0.